The number of carbonyl (C=O) groups excluding carboxylic acids is 3. The molecule has 7 nitrogen and oxygen atoms in total. The van der Waals surface area contributed by atoms with E-state index in [1.54, 1.807) is 13.8 Å². The summed E-state index contributed by atoms with van der Waals surface area (Å²) in [5, 5.41) is 2.65. The molecule has 1 saturated carbocycles. The smallest absolute Gasteiger partial charge is 0.325 e. The molecule has 4 amide bonds. The first kappa shape index (κ1) is 19.1. The van der Waals surface area contributed by atoms with Gasteiger partial charge in [-0.1, -0.05) is 26.2 Å². The maximum absolute atomic E-state index is 13.2. The molecule has 3 aliphatic rings. The molecule has 2 saturated heterocycles. The third-order valence-electron chi connectivity index (χ3n) is 6.53. The average Bonchev–Trinajstić information content (AvgIpc) is 3.05. The molecule has 1 atom stereocenters. The largest absolute Gasteiger partial charge is 0.334 e. The van der Waals surface area contributed by atoms with Crippen LogP contribution in [0.2, 0.25) is 0 Å². The summed E-state index contributed by atoms with van der Waals surface area (Å²) in [7, 11) is 2.11. The molecule has 146 valence electrons. The van der Waals surface area contributed by atoms with E-state index < -0.39 is 11.6 Å². The molecule has 3 fully saturated rings. The van der Waals surface area contributed by atoms with Crippen LogP contribution in [0, 0.1) is 0 Å². The zero-order valence-corrected chi connectivity index (χ0v) is 16.5. The number of likely N-dealkylation sites (N-methyl/N-ethyl adjacent to an activating group) is 1. The van der Waals surface area contributed by atoms with Gasteiger partial charge in [0.25, 0.3) is 5.91 Å². The maximum atomic E-state index is 13.2. The van der Waals surface area contributed by atoms with E-state index in [-0.39, 0.29) is 23.9 Å². The van der Waals surface area contributed by atoms with Gasteiger partial charge >= 0.3 is 6.03 Å². The van der Waals surface area contributed by atoms with E-state index in [4.69, 9.17) is 0 Å². The Morgan fingerprint density at radius 3 is 2.42 bits per heavy atom. The zero-order valence-electron chi connectivity index (χ0n) is 16.5. The van der Waals surface area contributed by atoms with Crippen LogP contribution in [0.4, 0.5) is 4.79 Å². The topological polar surface area (TPSA) is 73.0 Å². The lowest BCUT2D eigenvalue weighted by atomic mass is 9.79. The van der Waals surface area contributed by atoms with Gasteiger partial charge in [-0.2, -0.15) is 0 Å². The van der Waals surface area contributed by atoms with Gasteiger partial charge in [0, 0.05) is 18.1 Å². The second kappa shape index (κ2) is 6.83. The minimum Gasteiger partial charge on any atom is -0.334 e. The van der Waals surface area contributed by atoms with Gasteiger partial charge in [0.2, 0.25) is 5.91 Å². The summed E-state index contributed by atoms with van der Waals surface area (Å²) in [4.78, 5) is 43.1. The number of hydrogen-bond acceptors (Lipinski definition) is 4. The van der Waals surface area contributed by atoms with Crippen molar-refractivity contribution in [3.8, 4) is 0 Å². The first-order valence-corrected chi connectivity index (χ1v) is 9.85. The molecule has 1 N–H and O–H groups in total. The number of carbonyl (C=O) groups is 3. The van der Waals surface area contributed by atoms with Crippen LogP contribution in [-0.4, -0.2) is 76.3 Å². The molecule has 26 heavy (non-hydrogen) atoms. The maximum Gasteiger partial charge on any atom is 0.325 e. The molecule has 2 heterocycles. The Balaban J connectivity index is 1.78. The predicted octanol–water partition coefficient (Wildman–Crippen LogP) is 1.57. The Morgan fingerprint density at radius 1 is 1.23 bits per heavy atom. The fourth-order valence-corrected chi connectivity index (χ4v) is 4.80. The van der Waals surface area contributed by atoms with E-state index in [9.17, 15) is 14.4 Å². The lowest BCUT2D eigenvalue weighted by Gasteiger charge is -2.42. The van der Waals surface area contributed by atoms with E-state index in [0.29, 0.717) is 12.6 Å². The summed E-state index contributed by atoms with van der Waals surface area (Å²) >= 11 is 0. The fourth-order valence-electron chi connectivity index (χ4n) is 4.80. The Morgan fingerprint density at radius 2 is 1.88 bits per heavy atom. The highest BCUT2D eigenvalue weighted by molar-refractivity contribution is 6.08. The first-order valence-electron chi connectivity index (χ1n) is 9.85. The van der Waals surface area contributed by atoms with Crippen LogP contribution in [0.15, 0.2) is 0 Å². The second-order valence-electron chi connectivity index (χ2n) is 8.67. The average molecular weight is 364 g/mol. The van der Waals surface area contributed by atoms with E-state index >= 15 is 0 Å². The molecule has 1 aliphatic carbocycles. The summed E-state index contributed by atoms with van der Waals surface area (Å²) in [6.45, 7) is 6.96. The molecule has 0 aromatic heterocycles. The van der Waals surface area contributed by atoms with Crippen molar-refractivity contribution in [2.24, 2.45) is 0 Å². The molecule has 0 unspecified atom stereocenters. The molecule has 0 bridgehead atoms. The minimum absolute atomic E-state index is 0.0971. The number of nitrogens with one attached hydrogen (secondary N) is 1. The van der Waals surface area contributed by atoms with Crippen LogP contribution >= 0.6 is 0 Å². The second-order valence-corrected chi connectivity index (χ2v) is 8.67. The van der Waals surface area contributed by atoms with Gasteiger partial charge in [0.15, 0.2) is 0 Å². The third kappa shape index (κ3) is 3.21. The lowest BCUT2D eigenvalue weighted by molar-refractivity contribution is -0.142. The summed E-state index contributed by atoms with van der Waals surface area (Å²) in [6, 6.07) is -0.117. The lowest BCUT2D eigenvalue weighted by Crippen LogP contribution is -2.52. The quantitative estimate of drug-likeness (QED) is 0.769. The van der Waals surface area contributed by atoms with E-state index in [1.165, 1.54) is 6.42 Å². The van der Waals surface area contributed by atoms with E-state index in [1.807, 2.05) is 4.90 Å². The van der Waals surface area contributed by atoms with Crippen molar-refractivity contribution >= 4 is 17.8 Å². The standard InChI is InChI=1S/C19H32N4O3/c1-5-21(4)14-11-19(9-7-6-8-10-19)23(12-14)15(24)13-22-16(25)18(2,3)20-17(22)26/h14H,5-13H2,1-4H3,(H,20,26)/t14-/m0/s1. The monoisotopic (exact) mass is 364 g/mol. The van der Waals surface area contributed by atoms with Crippen LogP contribution in [0.1, 0.15) is 59.3 Å². The van der Waals surface area contributed by atoms with Gasteiger partial charge in [-0.3, -0.25) is 14.5 Å². The summed E-state index contributed by atoms with van der Waals surface area (Å²) in [6.07, 6.45) is 6.55. The number of imide groups is 1. The van der Waals surface area contributed by atoms with Gasteiger partial charge in [0.1, 0.15) is 12.1 Å². The van der Waals surface area contributed by atoms with Crippen LogP contribution in [-0.2, 0) is 9.59 Å². The number of urea groups is 1. The Bertz CT molecular complexity index is 598. The van der Waals surface area contributed by atoms with Crippen molar-refractivity contribution < 1.29 is 14.4 Å². The Labute approximate surface area is 156 Å². The molecule has 2 aliphatic heterocycles. The first-order chi connectivity index (χ1) is 12.2. The molecule has 1 spiro atoms. The van der Waals surface area contributed by atoms with Crippen molar-refractivity contribution in [1.29, 1.82) is 0 Å². The fraction of sp³-hybridized carbons (Fsp3) is 0.842. The minimum atomic E-state index is -0.935. The normalized spacial score (nSPS) is 27.5. The molecule has 0 aromatic carbocycles. The molecule has 0 radical (unpaired) electrons. The molecule has 3 rings (SSSR count). The molecular weight excluding hydrogens is 332 g/mol. The summed E-state index contributed by atoms with van der Waals surface area (Å²) in [5.74, 6) is -0.421. The number of likely N-dealkylation sites (tertiary alicyclic amines) is 1. The molecule has 0 aromatic rings. The van der Waals surface area contributed by atoms with Crippen LogP contribution in [0.5, 0.6) is 0 Å². The summed E-state index contributed by atoms with van der Waals surface area (Å²) < 4.78 is 0. The number of amides is 4. The van der Waals surface area contributed by atoms with Crippen molar-refractivity contribution in [3.05, 3.63) is 0 Å². The zero-order chi connectivity index (χ0) is 19.1. The van der Waals surface area contributed by atoms with Gasteiger partial charge in [-0.05, 0) is 46.7 Å². The highest BCUT2D eigenvalue weighted by atomic mass is 16.2. The van der Waals surface area contributed by atoms with Crippen molar-refractivity contribution in [2.45, 2.75) is 76.4 Å². The van der Waals surface area contributed by atoms with Crippen LogP contribution in [0.3, 0.4) is 0 Å². The van der Waals surface area contributed by atoms with Crippen LogP contribution in [0.25, 0.3) is 0 Å². The van der Waals surface area contributed by atoms with E-state index in [0.717, 1.165) is 43.5 Å². The highest BCUT2D eigenvalue weighted by Crippen LogP contribution is 2.43. The molecule has 7 heteroatoms. The number of rotatable bonds is 4. The Kier molecular flexibility index (Phi) is 5.03. The van der Waals surface area contributed by atoms with E-state index in [2.05, 4.69) is 24.2 Å². The predicted molar refractivity (Wildman–Crippen MR) is 98.6 cm³/mol. The van der Waals surface area contributed by atoms with Crippen LogP contribution < -0.4 is 5.32 Å². The van der Waals surface area contributed by atoms with Crippen molar-refractivity contribution in [3.63, 3.8) is 0 Å². The molecular formula is C19H32N4O3. The number of hydrogen-bond donors (Lipinski definition) is 1. The van der Waals surface area contributed by atoms with Crippen molar-refractivity contribution in [2.75, 3.05) is 26.7 Å². The van der Waals surface area contributed by atoms with Gasteiger partial charge in [-0.25, -0.2) is 4.79 Å². The third-order valence-corrected chi connectivity index (χ3v) is 6.53. The van der Waals surface area contributed by atoms with Gasteiger partial charge in [0.05, 0.1) is 0 Å². The summed E-state index contributed by atoms with van der Waals surface area (Å²) in [5.41, 5.74) is -1.03. The Hall–Kier alpha value is -1.63. The van der Waals surface area contributed by atoms with Gasteiger partial charge in [-0.15, -0.1) is 0 Å². The number of nitrogens with zero attached hydrogens (tertiary/aromatic N) is 3. The SMILES string of the molecule is CCN(C)[C@@H]1CN(C(=O)CN2C(=O)NC(C)(C)C2=O)C2(CCCCC2)C1. The highest BCUT2D eigenvalue weighted by Gasteiger charge is 2.51. The van der Waals surface area contributed by atoms with Crippen molar-refractivity contribution in [1.82, 2.24) is 20.0 Å². The van der Waals surface area contributed by atoms with Gasteiger partial charge < -0.3 is 15.1 Å².